The Kier molecular flexibility index (Phi) is 7.24. The lowest BCUT2D eigenvalue weighted by molar-refractivity contribution is -0.178. The van der Waals surface area contributed by atoms with Crippen LogP contribution in [0.3, 0.4) is 0 Å². The Hall–Kier alpha value is -1.38. The van der Waals surface area contributed by atoms with E-state index in [0.717, 1.165) is 0 Å². The van der Waals surface area contributed by atoms with E-state index in [1.165, 1.54) is 23.1 Å². The van der Waals surface area contributed by atoms with Gasteiger partial charge in [-0.1, -0.05) is 12.1 Å². The molecule has 1 amide bonds. The maximum absolute atomic E-state index is 13.3. The summed E-state index contributed by atoms with van der Waals surface area (Å²) < 4.78 is 53.8. The minimum atomic E-state index is -4.47. The highest BCUT2D eigenvalue weighted by Gasteiger charge is 2.31. The van der Waals surface area contributed by atoms with Crippen molar-refractivity contribution in [1.29, 1.82) is 0 Å². The average molecular weight is 357 g/mol. The molecule has 1 heterocycles. The van der Waals surface area contributed by atoms with Crippen LogP contribution >= 0.6 is 12.4 Å². The molecular weight excluding hydrogens is 340 g/mol. The SMILES string of the molecule is Cl.O=C(COCC(F)(F)F)N1CCNCC1c1cccc(F)c1. The van der Waals surface area contributed by atoms with Gasteiger partial charge in [0.15, 0.2) is 0 Å². The Bertz CT molecular complexity index is 528. The third-order valence-corrected chi connectivity index (χ3v) is 3.29. The van der Waals surface area contributed by atoms with Gasteiger partial charge in [-0.3, -0.25) is 4.79 Å². The lowest BCUT2D eigenvalue weighted by atomic mass is 10.0. The van der Waals surface area contributed by atoms with E-state index in [9.17, 15) is 22.4 Å². The summed E-state index contributed by atoms with van der Waals surface area (Å²) in [5.41, 5.74) is 0.594. The van der Waals surface area contributed by atoms with Crippen LogP contribution in [0.5, 0.6) is 0 Å². The second-order valence-electron chi connectivity index (χ2n) is 4.97. The van der Waals surface area contributed by atoms with Gasteiger partial charge in [-0.2, -0.15) is 13.2 Å². The van der Waals surface area contributed by atoms with Crippen LogP contribution in [0.1, 0.15) is 11.6 Å². The van der Waals surface area contributed by atoms with Crippen LogP contribution in [0.15, 0.2) is 24.3 Å². The van der Waals surface area contributed by atoms with Crippen molar-refractivity contribution in [3.63, 3.8) is 0 Å². The fraction of sp³-hybridized carbons (Fsp3) is 0.500. The number of hydrogen-bond donors (Lipinski definition) is 1. The van der Waals surface area contributed by atoms with E-state index < -0.39 is 37.2 Å². The maximum atomic E-state index is 13.3. The molecule has 9 heteroatoms. The largest absolute Gasteiger partial charge is 0.411 e. The van der Waals surface area contributed by atoms with Crippen LogP contribution in [0.2, 0.25) is 0 Å². The average Bonchev–Trinajstić information content (AvgIpc) is 2.46. The molecule has 1 unspecified atom stereocenters. The fourth-order valence-corrected chi connectivity index (χ4v) is 2.35. The van der Waals surface area contributed by atoms with Crippen LogP contribution in [0.25, 0.3) is 0 Å². The number of benzene rings is 1. The van der Waals surface area contributed by atoms with Crippen molar-refractivity contribution < 1.29 is 27.1 Å². The Morgan fingerprint density at radius 3 is 2.78 bits per heavy atom. The fourth-order valence-electron chi connectivity index (χ4n) is 2.35. The van der Waals surface area contributed by atoms with E-state index in [-0.39, 0.29) is 12.4 Å². The van der Waals surface area contributed by atoms with E-state index in [1.54, 1.807) is 6.07 Å². The highest BCUT2D eigenvalue weighted by Crippen LogP contribution is 2.23. The smallest absolute Gasteiger partial charge is 0.362 e. The highest BCUT2D eigenvalue weighted by atomic mass is 35.5. The predicted octanol–water partition coefficient (Wildman–Crippen LogP) is 2.30. The zero-order chi connectivity index (χ0) is 16.2. The molecule has 0 saturated carbocycles. The number of alkyl halides is 3. The number of nitrogens with zero attached hydrogens (tertiary/aromatic N) is 1. The Balaban J connectivity index is 0.00000264. The Morgan fingerprint density at radius 2 is 2.13 bits per heavy atom. The molecule has 23 heavy (non-hydrogen) atoms. The monoisotopic (exact) mass is 356 g/mol. The van der Waals surface area contributed by atoms with Crippen LogP contribution in [0.4, 0.5) is 17.6 Å². The number of carbonyl (C=O) groups excluding carboxylic acids is 1. The van der Waals surface area contributed by atoms with Crippen molar-refractivity contribution in [3.8, 4) is 0 Å². The molecule has 1 aromatic rings. The molecule has 0 bridgehead atoms. The molecule has 1 aliphatic rings. The normalized spacial score (nSPS) is 18.4. The molecule has 1 atom stereocenters. The van der Waals surface area contributed by atoms with Gasteiger partial charge in [-0.05, 0) is 17.7 Å². The molecule has 0 aromatic heterocycles. The van der Waals surface area contributed by atoms with Gasteiger partial charge in [0.1, 0.15) is 19.0 Å². The van der Waals surface area contributed by atoms with Gasteiger partial charge in [0.05, 0.1) is 6.04 Å². The highest BCUT2D eigenvalue weighted by molar-refractivity contribution is 5.85. The summed E-state index contributed by atoms with van der Waals surface area (Å²) in [6.45, 7) is -0.846. The number of hydrogen-bond acceptors (Lipinski definition) is 3. The van der Waals surface area contributed by atoms with Gasteiger partial charge >= 0.3 is 6.18 Å². The van der Waals surface area contributed by atoms with Gasteiger partial charge in [0.2, 0.25) is 5.91 Å². The van der Waals surface area contributed by atoms with E-state index >= 15 is 0 Å². The summed E-state index contributed by atoms with van der Waals surface area (Å²) >= 11 is 0. The Labute approximate surface area is 137 Å². The minimum absolute atomic E-state index is 0. The topological polar surface area (TPSA) is 41.6 Å². The van der Waals surface area contributed by atoms with E-state index in [1.807, 2.05) is 0 Å². The molecule has 0 spiro atoms. The van der Waals surface area contributed by atoms with Gasteiger partial charge < -0.3 is 15.0 Å². The van der Waals surface area contributed by atoms with Crippen molar-refractivity contribution in [2.75, 3.05) is 32.8 Å². The van der Waals surface area contributed by atoms with Gasteiger partial charge in [0, 0.05) is 19.6 Å². The number of ether oxygens (including phenoxy) is 1. The second kappa shape index (κ2) is 8.47. The number of nitrogens with one attached hydrogen (secondary N) is 1. The van der Waals surface area contributed by atoms with E-state index in [2.05, 4.69) is 10.1 Å². The van der Waals surface area contributed by atoms with Crippen molar-refractivity contribution in [1.82, 2.24) is 10.2 Å². The van der Waals surface area contributed by atoms with Crippen molar-refractivity contribution >= 4 is 18.3 Å². The lowest BCUT2D eigenvalue weighted by Gasteiger charge is -2.36. The molecule has 1 aliphatic heterocycles. The molecule has 1 aromatic carbocycles. The van der Waals surface area contributed by atoms with Gasteiger partial charge in [0.25, 0.3) is 0 Å². The third kappa shape index (κ3) is 5.96. The lowest BCUT2D eigenvalue weighted by Crippen LogP contribution is -2.50. The van der Waals surface area contributed by atoms with Crippen LogP contribution in [0, 0.1) is 5.82 Å². The maximum Gasteiger partial charge on any atom is 0.411 e. The number of halogens is 5. The standard InChI is InChI=1S/C14H16F4N2O2.ClH/c15-11-3-1-2-10(6-11)12-7-19-4-5-20(12)13(21)8-22-9-14(16,17)18;/h1-3,6,12,19H,4-5,7-9H2;1H. The van der Waals surface area contributed by atoms with E-state index in [0.29, 0.717) is 25.2 Å². The summed E-state index contributed by atoms with van der Waals surface area (Å²) in [5.74, 6) is -0.969. The zero-order valence-corrected chi connectivity index (χ0v) is 12.9. The Morgan fingerprint density at radius 1 is 1.39 bits per heavy atom. The molecule has 1 saturated heterocycles. The number of rotatable bonds is 4. The summed E-state index contributed by atoms with van der Waals surface area (Å²) in [6, 6.07) is 5.39. The van der Waals surface area contributed by atoms with Crippen LogP contribution in [-0.2, 0) is 9.53 Å². The van der Waals surface area contributed by atoms with Crippen LogP contribution in [-0.4, -0.2) is 49.8 Å². The van der Waals surface area contributed by atoms with Crippen LogP contribution < -0.4 is 5.32 Å². The van der Waals surface area contributed by atoms with Crippen molar-refractivity contribution in [3.05, 3.63) is 35.6 Å². The molecule has 1 fully saturated rings. The zero-order valence-electron chi connectivity index (χ0n) is 12.1. The minimum Gasteiger partial charge on any atom is -0.362 e. The summed E-state index contributed by atoms with van der Waals surface area (Å²) in [5, 5.41) is 3.08. The molecule has 4 nitrogen and oxygen atoms in total. The number of amides is 1. The summed E-state index contributed by atoms with van der Waals surface area (Å²) in [7, 11) is 0. The second-order valence-corrected chi connectivity index (χ2v) is 4.97. The first kappa shape index (κ1) is 19.7. The predicted molar refractivity (Wildman–Crippen MR) is 77.8 cm³/mol. The summed E-state index contributed by atoms with van der Waals surface area (Å²) in [6.07, 6.45) is -4.47. The van der Waals surface area contributed by atoms with Crippen molar-refractivity contribution in [2.24, 2.45) is 0 Å². The van der Waals surface area contributed by atoms with E-state index in [4.69, 9.17) is 0 Å². The quantitative estimate of drug-likeness (QED) is 0.842. The van der Waals surface area contributed by atoms with Crippen molar-refractivity contribution in [2.45, 2.75) is 12.2 Å². The number of piperazine rings is 1. The van der Waals surface area contributed by atoms with Gasteiger partial charge in [-0.15, -0.1) is 12.4 Å². The molecule has 130 valence electrons. The summed E-state index contributed by atoms with van der Waals surface area (Å²) in [4.78, 5) is 13.5. The molecule has 0 radical (unpaired) electrons. The third-order valence-electron chi connectivity index (χ3n) is 3.29. The molecule has 2 rings (SSSR count). The molecule has 1 N–H and O–H groups in total. The first-order chi connectivity index (χ1) is 10.4. The van der Waals surface area contributed by atoms with Gasteiger partial charge in [-0.25, -0.2) is 4.39 Å². The first-order valence-electron chi connectivity index (χ1n) is 6.77. The molecular formula is C14H17ClF4N2O2. The first-order valence-corrected chi connectivity index (χ1v) is 6.77. The number of carbonyl (C=O) groups is 1. The molecule has 0 aliphatic carbocycles.